The van der Waals surface area contributed by atoms with E-state index in [1.807, 2.05) is 60.9 Å². The number of hydrogen-bond donors (Lipinski definition) is 0. The molecule has 5 nitrogen and oxygen atoms in total. The summed E-state index contributed by atoms with van der Waals surface area (Å²) in [6.45, 7) is 5.39. The number of allylic oxidation sites excluding steroid dienone is 1. The number of benzene rings is 2. The zero-order chi connectivity index (χ0) is 19.2. The van der Waals surface area contributed by atoms with Gasteiger partial charge in [-0.3, -0.25) is 0 Å². The quantitative estimate of drug-likeness (QED) is 0.487. The van der Waals surface area contributed by atoms with Gasteiger partial charge in [0.1, 0.15) is 0 Å². The van der Waals surface area contributed by atoms with Gasteiger partial charge in [0.2, 0.25) is 0 Å². The summed E-state index contributed by atoms with van der Waals surface area (Å²) < 4.78 is 14.1. The van der Waals surface area contributed by atoms with Crippen molar-refractivity contribution in [3.05, 3.63) is 58.3 Å². The minimum Gasteiger partial charge on any atom is -0.490 e. The van der Waals surface area contributed by atoms with Crippen molar-refractivity contribution < 1.29 is 9.47 Å². The Hall–Kier alpha value is -2.78. The summed E-state index contributed by atoms with van der Waals surface area (Å²) in [7, 11) is 0. The van der Waals surface area contributed by atoms with E-state index in [-0.39, 0.29) is 0 Å². The molecule has 0 atom stereocenters. The van der Waals surface area contributed by atoms with E-state index in [2.05, 4.69) is 27.0 Å². The van der Waals surface area contributed by atoms with Crippen LogP contribution >= 0.6 is 15.9 Å². The average molecular weight is 426 g/mol. The van der Waals surface area contributed by atoms with Crippen molar-refractivity contribution in [3.63, 3.8) is 0 Å². The molecule has 0 aliphatic heterocycles. The molecule has 0 N–H and O–H groups in total. The second kappa shape index (κ2) is 8.74. The van der Waals surface area contributed by atoms with Crippen molar-refractivity contribution in [2.24, 2.45) is 0 Å². The Morgan fingerprint density at radius 3 is 2.74 bits per heavy atom. The van der Waals surface area contributed by atoms with Gasteiger partial charge >= 0.3 is 0 Å². The van der Waals surface area contributed by atoms with Crippen LogP contribution in [0.4, 0.5) is 0 Å². The van der Waals surface area contributed by atoms with Gasteiger partial charge in [-0.25, -0.2) is 4.98 Å². The van der Waals surface area contributed by atoms with Crippen LogP contribution < -0.4 is 9.47 Å². The van der Waals surface area contributed by atoms with Crippen LogP contribution in [0.3, 0.4) is 0 Å². The van der Waals surface area contributed by atoms with Gasteiger partial charge in [-0.1, -0.05) is 12.1 Å². The summed E-state index contributed by atoms with van der Waals surface area (Å²) >= 11 is 3.54. The molecule has 2 aromatic carbocycles. The number of ether oxygens (including phenoxy) is 2. The minimum atomic E-state index is 0.450. The lowest BCUT2D eigenvalue weighted by Gasteiger charge is -2.13. The molecule has 0 amide bonds. The molecule has 3 aromatic rings. The lowest BCUT2D eigenvalue weighted by molar-refractivity contribution is 0.286. The van der Waals surface area contributed by atoms with Gasteiger partial charge in [-0.15, -0.1) is 0 Å². The molecule has 6 heteroatoms. The fraction of sp³-hybridized carbons (Fsp3) is 0.238. The first-order valence-corrected chi connectivity index (χ1v) is 9.55. The SMILES string of the molecule is CCOc1cc(/C=C(/C#N)Cn2cnc3ccccc32)cc(Br)c1OCC. The number of hydrogen-bond acceptors (Lipinski definition) is 4. The van der Waals surface area contributed by atoms with Gasteiger partial charge in [0.15, 0.2) is 11.5 Å². The Morgan fingerprint density at radius 2 is 2.00 bits per heavy atom. The normalized spacial score (nSPS) is 11.4. The van der Waals surface area contributed by atoms with Gasteiger partial charge in [-0.2, -0.15) is 5.26 Å². The number of imidazole rings is 1. The molecular weight excluding hydrogens is 406 g/mol. The number of para-hydroxylation sites is 2. The molecule has 0 unspecified atom stereocenters. The molecule has 0 fully saturated rings. The highest BCUT2D eigenvalue weighted by Crippen LogP contribution is 2.37. The maximum Gasteiger partial charge on any atom is 0.175 e. The van der Waals surface area contributed by atoms with Crippen molar-refractivity contribution in [3.8, 4) is 17.6 Å². The number of halogens is 1. The Kier molecular flexibility index (Phi) is 6.15. The summed E-state index contributed by atoms with van der Waals surface area (Å²) in [5.41, 5.74) is 3.41. The van der Waals surface area contributed by atoms with Crippen LogP contribution in [0.15, 0.2) is 52.8 Å². The first-order chi connectivity index (χ1) is 13.2. The highest BCUT2D eigenvalue weighted by atomic mass is 79.9. The third kappa shape index (κ3) is 4.32. The van der Waals surface area contributed by atoms with E-state index in [4.69, 9.17) is 9.47 Å². The van der Waals surface area contributed by atoms with Crippen LogP contribution in [0.25, 0.3) is 17.1 Å². The summed E-state index contributed by atoms with van der Waals surface area (Å²) in [6, 6.07) is 14.0. The van der Waals surface area contributed by atoms with Crippen LogP contribution in [-0.2, 0) is 6.54 Å². The first-order valence-electron chi connectivity index (χ1n) is 8.76. The van der Waals surface area contributed by atoms with Crippen LogP contribution in [0, 0.1) is 11.3 Å². The van der Waals surface area contributed by atoms with Crippen molar-refractivity contribution in [2.75, 3.05) is 13.2 Å². The van der Waals surface area contributed by atoms with Crippen LogP contribution in [0.2, 0.25) is 0 Å². The van der Waals surface area contributed by atoms with E-state index < -0.39 is 0 Å². The molecule has 1 aromatic heterocycles. The summed E-state index contributed by atoms with van der Waals surface area (Å²) in [5, 5.41) is 9.62. The third-order valence-electron chi connectivity index (χ3n) is 3.97. The van der Waals surface area contributed by atoms with Crippen molar-refractivity contribution in [1.29, 1.82) is 5.26 Å². The largest absolute Gasteiger partial charge is 0.490 e. The monoisotopic (exact) mass is 425 g/mol. The Bertz CT molecular complexity index is 1020. The van der Waals surface area contributed by atoms with E-state index >= 15 is 0 Å². The fourth-order valence-electron chi connectivity index (χ4n) is 2.85. The third-order valence-corrected chi connectivity index (χ3v) is 4.56. The molecule has 138 valence electrons. The zero-order valence-corrected chi connectivity index (χ0v) is 16.9. The summed E-state index contributed by atoms with van der Waals surface area (Å²) in [5.74, 6) is 1.33. The Balaban J connectivity index is 1.94. The van der Waals surface area contributed by atoms with Crippen molar-refractivity contribution in [2.45, 2.75) is 20.4 Å². The standard InChI is InChI=1S/C21H20BrN3O2/c1-3-26-20-11-15(10-17(22)21(20)27-4-2)9-16(12-23)13-25-14-24-18-7-5-6-8-19(18)25/h5-11,14H,3-4,13H2,1-2H3/b16-9-. The molecule has 0 radical (unpaired) electrons. The van der Waals surface area contributed by atoms with Crippen LogP contribution in [0.1, 0.15) is 19.4 Å². The van der Waals surface area contributed by atoms with E-state index in [9.17, 15) is 5.26 Å². The molecule has 0 aliphatic carbocycles. The molecule has 0 saturated carbocycles. The molecule has 0 aliphatic rings. The fourth-order valence-corrected chi connectivity index (χ4v) is 3.43. The van der Waals surface area contributed by atoms with E-state index in [0.29, 0.717) is 36.8 Å². The minimum absolute atomic E-state index is 0.450. The highest BCUT2D eigenvalue weighted by molar-refractivity contribution is 9.10. The smallest absolute Gasteiger partial charge is 0.175 e. The highest BCUT2D eigenvalue weighted by Gasteiger charge is 2.12. The Morgan fingerprint density at radius 1 is 1.22 bits per heavy atom. The summed E-state index contributed by atoms with van der Waals surface area (Å²) in [4.78, 5) is 4.38. The van der Waals surface area contributed by atoms with E-state index in [1.165, 1.54) is 0 Å². The van der Waals surface area contributed by atoms with Crippen molar-refractivity contribution in [1.82, 2.24) is 9.55 Å². The maximum absolute atomic E-state index is 9.62. The second-order valence-electron chi connectivity index (χ2n) is 5.84. The number of fused-ring (bicyclic) bond motifs is 1. The molecule has 0 bridgehead atoms. The first kappa shape index (κ1) is 19.0. The van der Waals surface area contributed by atoms with Gasteiger partial charge in [0.05, 0.1) is 47.7 Å². The zero-order valence-electron chi connectivity index (χ0n) is 15.3. The Labute approximate surface area is 167 Å². The van der Waals surface area contributed by atoms with Gasteiger partial charge in [0.25, 0.3) is 0 Å². The molecule has 0 saturated heterocycles. The number of nitriles is 1. The topological polar surface area (TPSA) is 60.1 Å². The molecule has 27 heavy (non-hydrogen) atoms. The second-order valence-corrected chi connectivity index (χ2v) is 6.69. The number of aromatic nitrogens is 2. The molecule has 0 spiro atoms. The van der Waals surface area contributed by atoms with Crippen LogP contribution in [0.5, 0.6) is 11.5 Å². The van der Waals surface area contributed by atoms with E-state index in [0.717, 1.165) is 21.1 Å². The summed E-state index contributed by atoms with van der Waals surface area (Å²) in [6.07, 6.45) is 3.62. The lowest BCUT2D eigenvalue weighted by Crippen LogP contribution is -2.00. The number of nitrogens with zero attached hydrogens (tertiary/aromatic N) is 3. The van der Waals surface area contributed by atoms with Crippen LogP contribution in [-0.4, -0.2) is 22.8 Å². The molecular formula is C21H20BrN3O2. The van der Waals surface area contributed by atoms with Gasteiger partial charge in [-0.05, 0) is 65.7 Å². The van der Waals surface area contributed by atoms with Gasteiger partial charge < -0.3 is 14.0 Å². The molecule has 1 heterocycles. The predicted octanol–water partition coefficient (Wildman–Crippen LogP) is 5.20. The predicted molar refractivity (Wildman–Crippen MR) is 110 cm³/mol. The lowest BCUT2D eigenvalue weighted by atomic mass is 10.1. The number of rotatable bonds is 7. The van der Waals surface area contributed by atoms with E-state index in [1.54, 1.807) is 6.33 Å². The average Bonchev–Trinajstić information content (AvgIpc) is 3.07. The molecule has 3 rings (SSSR count). The maximum atomic E-state index is 9.62. The van der Waals surface area contributed by atoms with Crippen molar-refractivity contribution >= 4 is 33.0 Å². The van der Waals surface area contributed by atoms with Gasteiger partial charge in [0, 0.05) is 5.57 Å².